The smallest absolute Gasteiger partial charge is 0.311 e. The normalized spacial score (nSPS) is 12.6. The SMILES string of the molecule is CCN(CCC(C)OCC(C)(C)C(=O)O)c1ccc(-c2nc(-c3ccsc3)n[nH]2)cn1. The Balaban J connectivity index is 1.57. The second-order valence-electron chi connectivity index (χ2n) is 8.10. The number of aliphatic carboxylic acids is 1. The van der Waals surface area contributed by atoms with Gasteiger partial charge in [0.05, 0.1) is 18.1 Å². The van der Waals surface area contributed by atoms with Gasteiger partial charge < -0.3 is 14.7 Å². The van der Waals surface area contributed by atoms with Gasteiger partial charge >= 0.3 is 5.97 Å². The quantitative estimate of drug-likeness (QED) is 0.454. The second kappa shape index (κ2) is 10.0. The lowest BCUT2D eigenvalue weighted by molar-refractivity contribution is -0.151. The number of nitrogens with zero attached hydrogens (tertiary/aromatic N) is 4. The summed E-state index contributed by atoms with van der Waals surface area (Å²) >= 11 is 1.61. The van der Waals surface area contributed by atoms with Gasteiger partial charge in [0, 0.05) is 35.8 Å². The molecule has 0 aliphatic heterocycles. The minimum Gasteiger partial charge on any atom is -0.481 e. The third-order valence-electron chi connectivity index (χ3n) is 5.11. The maximum atomic E-state index is 11.2. The van der Waals surface area contributed by atoms with Crippen LogP contribution >= 0.6 is 11.3 Å². The molecule has 166 valence electrons. The van der Waals surface area contributed by atoms with Gasteiger partial charge in [0.2, 0.25) is 0 Å². The molecular formula is C22H29N5O3S. The summed E-state index contributed by atoms with van der Waals surface area (Å²) in [5, 5.41) is 20.5. The van der Waals surface area contributed by atoms with Crippen LogP contribution in [0.5, 0.6) is 0 Å². The molecule has 0 aromatic carbocycles. The molecule has 8 nitrogen and oxygen atoms in total. The van der Waals surface area contributed by atoms with E-state index < -0.39 is 11.4 Å². The highest BCUT2D eigenvalue weighted by molar-refractivity contribution is 7.08. The summed E-state index contributed by atoms with van der Waals surface area (Å²) in [7, 11) is 0. The van der Waals surface area contributed by atoms with E-state index in [0.717, 1.165) is 36.5 Å². The third kappa shape index (κ3) is 5.89. The van der Waals surface area contributed by atoms with Crippen LogP contribution in [0.4, 0.5) is 5.82 Å². The molecule has 3 heterocycles. The van der Waals surface area contributed by atoms with Crippen molar-refractivity contribution in [2.24, 2.45) is 5.41 Å². The molecule has 1 unspecified atom stereocenters. The number of nitrogens with one attached hydrogen (secondary N) is 1. The Morgan fingerprint density at radius 1 is 1.32 bits per heavy atom. The summed E-state index contributed by atoms with van der Waals surface area (Å²) in [4.78, 5) is 22.5. The maximum absolute atomic E-state index is 11.2. The molecule has 9 heteroatoms. The average Bonchev–Trinajstić information content (AvgIpc) is 3.45. The van der Waals surface area contributed by atoms with Gasteiger partial charge in [-0.3, -0.25) is 9.89 Å². The Labute approximate surface area is 186 Å². The van der Waals surface area contributed by atoms with Crippen LogP contribution in [0, 0.1) is 5.41 Å². The maximum Gasteiger partial charge on any atom is 0.311 e. The van der Waals surface area contributed by atoms with Gasteiger partial charge in [-0.2, -0.15) is 16.4 Å². The summed E-state index contributed by atoms with van der Waals surface area (Å²) in [6, 6.07) is 5.95. The van der Waals surface area contributed by atoms with Crippen molar-refractivity contribution in [3.8, 4) is 22.8 Å². The molecule has 0 spiro atoms. The van der Waals surface area contributed by atoms with E-state index in [2.05, 4.69) is 32.0 Å². The van der Waals surface area contributed by atoms with Crippen LogP contribution in [-0.4, -0.2) is 57.0 Å². The van der Waals surface area contributed by atoms with Crippen molar-refractivity contribution in [3.05, 3.63) is 35.2 Å². The van der Waals surface area contributed by atoms with E-state index in [4.69, 9.17) is 4.74 Å². The van der Waals surface area contributed by atoms with E-state index in [1.54, 1.807) is 31.4 Å². The van der Waals surface area contributed by atoms with E-state index >= 15 is 0 Å². The Hall–Kier alpha value is -2.78. The van der Waals surface area contributed by atoms with Gasteiger partial charge in [0.25, 0.3) is 0 Å². The molecule has 3 aromatic heterocycles. The number of H-pyrrole nitrogens is 1. The first-order chi connectivity index (χ1) is 14.8. The average molecular weight is 444 g/mol. The van der Waals surface area contributed by atoms with E-state index in [9.17, 15) is 9.90 Å². The molecule has 0 aliphatic carbocycles. The fourth-order valence-electron chi connectivity index (χ4n) is 2.89. The van der Waals surface area contributed by atoms with E-state index in [0.29, 0.717) is 11.6 Å². The highest BCUT2D eigenvalue weighted by atomic mass is 32.1. The highest BCUT2D eigenvalue weighted by Gasteiger charge is 2.28. The molecule has 0 saturated carbocycles. The lowest BCUT2D eigenvalue weighted by Gasteiger charge is -2.26. The number of aromatic nitrogens is 4. The molecule has 0 radical (unpaired) electrons. The number of hydrogen-bond acceptors (Lipinski definition) is 7. The number of rotatable bonds is 11. The summed E-state index contributed by atoms with van der Waals surface area (Å²) < 4.78 is 5.76. The number of pyridine rings is 1. The Bertz CT molecular complexity index is 969. The fraction of sp³-hybridized carbons (Fsp3) is 0.455. The van der Waals surface area contributed by atoms with Crippen LogP contribution in [0.15, 0.2) is 35.2 Å². The van der Waals surface area contributed by atoms with Crippen LogP contribution in [0.25, 0.3) is 22.8 Å². The zero-order chi connectivity index (χ0) is 22.4. The summed E-state index contributed by atoms with van der Waals surface area (Å²) in [6.07, 6.45) is 2.53. The molecule has 3 aromatic rings. The highest BCUT2D eigenvalue weighted by Crippen LogP contribution is 2.23. The molecular weight excluding hydrogens is 414 g/mol. The van der Waals surface area contributed by atoms with Crippen molar-refractivity contribution in [2.45, 2.75) is 40.2 Å². The molecule has 0 saturated heterocycles. The minimum atomic E-state index is -0.889. The van der Waals surface area contributed by atoms with Gasteiger partial charge in [-0.25, -0.2) is 9.97 Å². The number of hydrogen-bond donors (Lipinski definition) is 2. The van der Waals surface area contributed by atoms with Crippen LogP contribution in [0.2, 0.25) is 0 Å². The zero-order valence-corrected chi connectivity index (χ0v) is 19.1. The largest absolute Gasteiger partial charge is 0.481 e. The summed E-state index contributed by atoms with van der Waals surface area (Å²) in [5.74, 6) is 1.39. The predicted molar refractivity (Wildman–Crippen MR) is 122 cm³/mol. The van der Waals surface area contributed by atoms with Crippen molar-refractivity contribution < 1.29 is 14.6 Å². The molecule has 2 N–H and O–H groups in total. The number of anilines is 1. The van der Waals surface area contributed by atoms with Crippen molar-refractivity contribution in [3.63, 3.8) is 0 Å². The first kappa shape index (κ1) is 22.9. The fourth-order valence-corrected chi connectivity index (χ4v) is 3.53. The minimum absolute atomic E-state index is 0.0448. The van der Waals surface area contributed by atoms with Crippen LogP contribution in [0.1, 0.15) is 34.1 Å². The Morgan fingerprint density at radius 2 is 2.13 bits per heavy atom. The molecule has 0 fully saturated rings. The number of ether oxygens (including phenoxy) is 1. The van der Waals surface area contributed by atoms with E-state index in [1.165, 1.54) is 0 Å². The number of carboxylic acids is 1. The van der Waals surface area contributed by atoms with Crippen molar-refractivity contribution in [1.29, 1.82) is 0 Å². The summed E-state index contributed by atoms with van der Waals surface area (Å²) in [5.41, 5.74) is 0.985. The molecule has 0 amide bonds. The predicted octanol–water partition coefficient (Wildman–Crippen LogP) is 4.33. The van der Waals surface area contributed by atoms with Gasteiger partial charge in [-0.1, -0.05) is 0 Å². The second-order valence-corrected chi connectivity index (χ2v) is 8.88. The summed E-state index contributed by atoms with van der Waals surface area (Å²) in [6.45, 7) is 9.16. The number of carbonyl (C=O) groups is 1. The standard InChI is InChI=1S/C22H29N5O3S/c1-5-27(10-8-15(2)30-14-22(3,4)21(28)29)18-7-6-16(12-23-18)19-24-20(26-25-19)17-9-11-31-13-17/h6-7,9,11-13,15H,5,8,10,14H2,1-4H3,(H,28,29)(H,24,25,26). The molecule has 31 heavy (non-hydrogen) atoms. The van der Waals surface area contributed by atoms with Gasteiger partial charge in [-0.15, -0.1) is 0 Å². The lowest BCUT2D eigenvalue weighted by atomic mass is 9.95. The zero-order valence-electron chi connectivity index (χ0n) is 18.3. The molecule has 0 bridgehead atoms. The van der Waals surface area contributed by atoms with Crippen LogP contribution < -0.4 is 4.90 Å². The topological polar surface area (TPSA) is 104 Å². The first-order valence-electron chi connectivity index (χ1n) is 10.3. The van der Waals surface area contributed by atoms with E-state index in [-0.39, 0.29) is 12.7 Å². The van der Waals surface area contributed by atoms with Gasteiger partial charge in [-0.05, 0) is 57.7 Å². The monoisotopic (exact) mass is 443 g/mol. The van der Waals surface area contributed by atoms with Gasteiger partial charge in [0.1, 0.15) is 5.82 Å². The van der Waals surface area contributed by atoms with Crippen molar-refractivity contribution in [2.75, 3.05) is 24.6 Å². The first-order valence-corrected chi connectivity index (χ1v) is 11.3. The van der Waals surface area contributed by atoms with Crippen LogP contribution in [0.3, 0.4) is 0 Å². The number of carboxylic acid groups (broad SMARTS) is 1. The van der Waals surface area contributed by atoms with Crippen LogP contribution in [-0.2, 0) is 9.53 Å². The van der Waals surface area contributed by atoms with Gasteiger partial charge in [0.15, 0.2) is 11.6 Å². The Kier molecular flexibility index (Phi) is 7.40. The number of thiophene rings is 1. The third-order valence-corrected chi connectivity index (χ3v) is 5.79. The molecule has 1 atom stereocenters. The molecule has 3 rings (SSSR count). The van der Waals surface area contributed by atoms with Crippen molar-refractivity contribution in [1.82, 2.24) is 20.2 Å². The molecule has 0 aliphatic rings. The lowest BCUT2D eigenvalue weighted by Crippen LogP contribution is -2.32. The van der Waals surface area contributed by atoms with E-state index in [1.807, 2.05) is 35.9 Å². The Morgan fingerprint density at radius 3 is 2.74 bits per heavy atom. The number of aromatic amines is 1. The van der Waals surface area contributed by atoms with Crippen molar-refractivity contribution >= 4 is 23.1 Å².